The molecule has 0 spiro atoms. The predicted octanol–water partition coefficient (Wildman–Crippen LogP) is 3.66. The highest BCUT2D eigenvalue weighted by atomic mass is 14.9. The first-order chi connectivity index (χ1) is 7.26. The molecule has 1 fully saturated rings. The minimum atomic E-state index is 0.540. The summed E-state index contributed by atoms with van der Waals surface area (Å²) < 4.78 is 0. The molecule has 1 heteroatoms. The topological polar surface area (TPSA) is 12.0 Å². The third-order valence-corrected chi connectivity index (χ3v) is 4.43. The fraction of sp³-hybridized carbons (Fsp3) is 0.857. The largest absolute Gasteiger partial charge is 0.313 e. The molecule has 86 valence electrons. The first kappa shape index (κ1) is 11.2. The Balaban J connectivity index is 2.11. The van der Waals surface area contributed by atoms with E-state index in [2.05, 4.69) is 25.4 Å². The monoisotopic (exact) mass is 207 g/mol. The van der Waals surface area contributed by atoms with Crippen LogP contribution in [0.15, 0.2) is 11.6 Å². The van der Waals surface area contributed by atoms with Gasteiger partial charge in [0, 0.05) is 6.04 Å². The lowest BCUT2D eigenvalue weighted by molar-refractivity contribution is 0.253. The molecule has 1 unspecified atom stereocenters. The van der Waals surface area contributed by atoms with Crippen LogP contribution in [0, 0.1) is 5.41 Å². The van der Waals surface area contributed by atoms with Crippen LogP contribution in [0.1, 0.15) is 58.3 Å². The predicted molar refractivity (Wildman–Crippen MR) is 66.0 cm³/mol. The number of likely N-dealkylation sites (N-methyl/N-ethyl adjacent to an activating group) is 1. The van der Waals surface area contributed by atoms with Crippen LogP contribution in [0.2, 0.25) is 0 Å². The van der Waals surface area contributed by atoms with Crippen molar-refractivity contribution in [1.29, 1.82) is 0 Å². The molecule has 0 heterocycles. The third kappa shape index (κ3) is 2.28. The highest BCUT2D eigenvalue weighted by Gasteiger charge is 2.37. The number of allylic oxidation sites excluding steroid dienone is 1. The van der Waals surface area contributed by atoms with E-state index in [1.54, 1.807) is 5.57 Å². The average molecular weight is 207 g/mol. The van der Waals surface area contributed by atoms with E-state index < -0.39 is 0 Å². The van der Waals surface area contributed by atoms with Crippen molar-refractivity contribution < 1.29 is 0 Å². The fourth-order valence-electron chi connectivity index (χ4n) is 3.58. The molecule has 1 saturated carbocycles. The van der Waals surface area contributed by atoms with Crippen molar-refractivity contribution in [2.24, 2.45) is 5.41 Å². The van der Waals surface area contributed by atoms with E-state index in [4.69, 9.17) is 0 Å². The molecule has 0 aromatic rings. The van der Waals surface area contributed by atoms with E-state index in [0.717, 1.165) is 0 Å². The number of hydrogen-bond acceptors (Lipinski definition) is 1. The normalized spacial score (nSPS) is 27.5. The van der Waals surface area contributed by atoms with E-state index in [0.29, 0.717) is 11.5 Å². The van der Waals surface area contributed by atoms with Gasteiger partial charge in [0.1, 0.15) is 0 Å². The van der Waals surface area contributed by atoms with E-state index in [9.17, 15) is 0 Å². The van der Waals surface area contributed by atoms with Crippen LogP contribution < -0.4 is 5.32 Å². The summed E-state index contributed by atoms with van der Waals surface area (Å²) in [5.41, 5.74) is 2.24. The van der Waals surface area contributed by atoms with Crippen molar-refractivity contribution in [3.63, 3.8) is 0 Å². The van der Waals surface area contributed by atoms with Crippen molar-refractivity contribution in [2.75, 3.05) is 7.05 Å². The Morgan fingerprint density at radius 3 is 2.47 bits per heavy atom. The molecule has 1 N–H and O–H groups in total. The second-order valence-corrected chi connectivity index (χ2v) is 5.61. The Morgan fingerprint density at radius 2 is 1.93 bits per heavy atom. The minimum absolute atomic E-state index is 0.540. The van der Waals surface area contributed by atoms with Gasteiger partial charge in [-0.05, 0) is 51.0 Å². The van der Waals surface area contributed by atoms with Gasteiger partial charge in [0.2, 0.25) is 0 Å². The molecule has 0 bridgehead atoms. The van der Waals surface area contributed by atoms with Gasteiger partial charge >= 0.3 is 0 Å². The minimum Gasteiger partial charge on any atom is -0.313 e. The van der Waals surface area contributed by atoms with Gasteiger partial charge in [0.05, 0.1) is 0 Å². The van der Waals surface area contributed by atoms with Crippen LogP contribution in [0.4, 0.5) is 0 Å². The molecule has 2 aliphatic rings. The van der Waals surface area contributed by atoms with Crippen LogP contribution in [-0.2, 0) is 0 Å². The average Bonchev–Trinajstić information content (AvgIpc) is 2.68. The quantitative estimate of drug-likeness (QED) is 0.696. The summed E-state index contributed by atoms with van der Waals surface area (Å²) in [6, 6.07) is 0.653. The van der Waals surface area contributed by atoms with Gasteiger partial charge in [-0.1, -0.05) is 31.4 Å². The zero-order valence-electron chi connectivity index (χ0n) is 10.3. The Kier molecular flexibility index (Phi) is 3.50. The van der Waals surface area contributed by atoms with Crippen molar-refractivity contribution in [2.45, 2.75) is 64.3 Å². The van der Waals surface area contributed by atoms with Crippen molar-refractivity contribution >= 4 is 0 Å². The molecular weight excluding hydrogens is 182 g/mol. The molecule has 0 radical (unpaired) electrons. The standard InChI is InChI=1S/C14H25N/c1-14(10-6-7-11-14)13(15-2)12-8-4-3-5-9-12/h8,13,15H,3-7,9-11H2,1-2H3. The summed E-state index contributed by atoms with van der Waals surface area (Å²) in [4.78, 5) is 0. The first-order valence-corrected chi connectivity index (χ1v) is 6.62. The molecule has 0 amide bonds. The van der Waals surface area contributed by atoms with Crippen molar-refractivity contribution in [3.8, 4) is 0 Å². The molecule has 1 atom stereocenters. The molecule has 0 aromatic heterocycles. The van der Waals surface area contributed by atoms with Gasteiger partial charge in [-0.25, -0.2) is 0 Å². The lowest BCUT2D eigenvalue weighted by atomic mass is 9.74. The van der Waals surface area contributed by atoms with Gasteiger partial charge in [-0.15, -0.1) is 0 Å². The van der Waals surface area contributed by atoms with Crippen LogP contribution >= 0.6 is 0 Å². The van der Waals surface area contributed by atoms with Crippen molar-refractivity contribution in [3.05, 3.63) is 11.6 Å². The Bertz CT molecular complexity index is 236. The summed E-state index contributed by atoms with van der Waals surface area (Å²) in [6.07, 6.45) is 13.6. The van der Waals surface area contributed by atoms with Gasteiger partial charge in [-0.3, -0.25) is 0 Å². The molecule has 1 nitrogen and oxygen atoms in total. The second-order valence-electron chi connectivity index (χ2n) is 5.61. The summed E-state index contributed by atoms with van der Waals surface area (Å²) in [7, 11) is 2.14. The summed E-state index contributed by atoms with van der Waals surface area (Å²) >= 11 is 0. The molecule has 0 saturated heterocycles. The highest BCUT2D eigenvalue weighted by molar-refractivity contribution is 5.18. The maximum absolute atomic E-state index is 3.59. The van der Waals surface area contributed by atoms with E-state index in [1.165, 1.54) is 51.4 Å². The van der Waals surface area contributed by atoms with Gasteiger partial charge < -0.3 is 5.32 Å². The third-order valence-electron chi connectivity index (χ3n) is 4.43. The molecule has 0 aliphatic heterocycles. The molecular formula is C14H25N. The van der Waals surface area contributed by atoms with E-state index >= 15 is 0 Å². The maximum atomic E-state index is 3.59. The highest BCUT2D eigenvalue weighted by Crippen LogP contribution is 2.44. The lowest BCUT2D eigenvalue weighted by Crippen LogP contribution is -2.42. The maximum Gasteiger partial charge on any atom is 0.0330 e. The zero-order chi connectivity index (χ0) is 10.7. The zero-order valence-corrected chi connectivity index (χ0v) is 10.3. The van der Waals surface area contributed by atoms with Crippen LogP contribution in [0.3, 0.4) is 0 Å². The van der Waals surface area contributed by atoms with Crippen molar-refractivity contribution in [1.82, 2.24) is 5.32 Å². The van der Waals surface area contributed by atoms with Gasteiger partial charge in [-0.2, -0.15) is 0 Å². The Hall–Kier alpha value is -0.300. The molecule has 15 heavy (non-hydrogen) atoms. The van der Waals surface area contributed by atoms with E-state index in [1.807, 2.05) is 0 Å². The fourth-order valence-corrected chi connectivity index (χ4v) is 3.58. The van der Waals surface area contributed by atoms with Gasteiger partial charge in [0.25, 0.3) is 0 Å². The number of rotatable bonds is 3. The summed E-state index contributed by atoms with van der Waals surface area (Å²) in [6.45, 7) is 2.48. The Labute approximate surface area is 94.3 Å². The first-order valence-electron chi connectivity index (χ1n) is 6.62. The van der Waals surface area contributed by atoms with Crippen LogP contribution in [0.25, 0.3) is 0 Å². The lowest BCUT2D eigenvalue weighted by Gasteiger charge is -2.37. The molecule has 2 rings (SSSR count). The SMILES string of the molecule is CNC(C1=CCCCC1)C1(C)CCCC1. The molecule has 0 aromatic carbocycles. The number of nitrogens with one attached hydrogen (secondary N) is 1. The van der Waals surface area contributed by atoms with E-state index in [-0.39, 0.29) is 0 Å². The Morgan fingerprint density at radius 1 is 1.20 bits per heavy atom. The second kappa shape index (κ2) is 4.69. The molecule has 2 aliphatic carbocycles. The summed E-state index contributed by atoms with van der Waals surface area (Å²) in [5.74, 6) is 0. The van der Waals surface area contributed by atoms with Crippen LogP contribution in [-0.4, -0.2) is 13.1 Å². The smallest absolute Gasteiger partial charge is 0.0330 e. The van der Waals surface area contributed by atoms with Gasteiger partial charge in [0.15, 0.2) is 0 Å². The van der Waals surface area contributed by atoms with Crippen LogP contribution in [0.5, 0.6) is 0 Å². The number of hydrogen-bond donors (Lipinski definition) is 1. The summed E-state index contributed by atoms with van der Waals surface area (Å²) in [5, 5.41) is 3.59.